The normalized spacial score (nSPS) is 17.4. The van der Waals surface area contributed by atoms with Crippen LogP contribution in [0.5, 0.6) is 0 Å². The summed E-state index contributed by atoms with van der Waals surface area (Å²) in [5.41, 5.74) is 5.03. The van der Waals surface area contributed by atoms with Crippen LogP contribution >= 0.6 is 0 Å². The molecule has 0 aromatic carbocycles. The maximum Gasteiger partial charge on any atom is 0.0701 e. The molecule has 10 heavy (non-hydrogen) atoms. The highest BCUT2D eigenvalue weighted by atomic mass is 16.6. The van der Waals surface area contributed by atoms with Crippen LogP contribution in [0.3, 0.4) is 0 Å². The minimum atomic E-state index is 0.778. The van der Waals surface area contributed by atoms with Crippen LogP contribution in [0.25, 0.3) is 0 Å². The summed E-state index contributed by atoms with van der Waals surface area (Å²) in [5.74, 6) is 0. The zero-order valence-electron chi connectivity index (χ0n) is 6.64. The monoisotopic (exact) mass is 147 g/mol. The molecule has 0 unspecified atom stereocenters. The van der Waals surface area contributed by atoms with E-state index < -0.39 is 0 Å². The van der Waals surface area contributed by atoms with E-state index in [-0.39, 0.29) is 0 Å². The highest BCUT2D eigenvalue weighted by Gasteiger charge is 1.94. The average Bonchev–Trinajstić information content (AvgIpc) is 2.08. The van der Waals surface area contributed by atoms with Crippen molar-refractivity contribution in [2.75, 3.05) is 33.0 Å². The fraction of sp³-hybridized carbons (Fsp3) is 1.00. The van der Waals surface area contributed by atoms with Crippen LogP contribution in [0.15, 0.2) is 0 Å². The molecule has 3 nitrogen and oxygen atoms in total. The molecular formula is C7H17NO2. The molecule has 1 aliphatic rings. The maximum atomic E-state index is 5.03. The van der Waals surface area contributed by atoms with Crippen LogP contribution in [-0.4, -0.2) is 33.0 Å². The van der Waals surface area contributed by atoms with E-state index in [4.69, 9.17) is 15.2 Å². The molecule has 0 spiro atoms. The molecule has 0 amide bonds. The van der Waals surface area contributed by atoms with Crippen molar-refractivity contribution in [2.45, 2.75) is 13.3 Å². The minimum absolute atomic E-state index is 0.778. The summed E-state index contributed by atoms with van der Waals surface area (Å²) in [5, 5.41) is 0. The zero-order valence-corrected chi connectivity index (χ0v) is 6.64. The van der Waals surface area contributed by atoms with Crippen molar-refractivity contribution >= 4 is 0 Å². The van der Waals surface area contributed by atoms with E-state index in [0.717, 1.165) is 39.4 Å². The molecule has 2 N–H and O–H groups in total. The molecule has 1 rings (SSSR count). The number of rotatable bonds is 1. The Morgan fingerprint density at radius 2 is 1.40 bits per heavy atom. The Hall–Kier alpha value is -0.120. The molecule has 1 heterocycles. The van der Waals surface area contributed by atoms with Crippen molar-refractivity contribution < 1.29 is 9.47 Å². The highest BCUT2D eigenvalue weighted by Crippen LogP contribution is 1.85. The van der Waals surface area contributed by atoms with Gasteiger partial charge < -0.3 is 15.2 Å². The first-order chi connectivity index (χ1) is 4.91. The number of hydrogen-bond acceptors (Lipinski definition) is 3. The summed E-state index contributed by atoms with van der Waals surface area (Å²) in [6.45, 7) is 5.99. The van der Waals surface area contributed by atoms with Gasteiger partial charge in [0.05, 0.1) is 26.4 Å². The zero-order chi connectivity index (χ0) is 7.66. The van der Waals surface area contributed by atoms with Gasteiger partial charge >= 0.3 is 0 Å². The van der Waals surface area contributed by atoms with Crippen LogP contribution in [0.2, 0.25) is 0 Å². The molecule has 0 radical (unpaired) electrons. The summed E-state index contributed by atoms with van der Waals surface area (Å²) < 4.78 is 9.89. The van der Waals surface area contributed by atoms with Crippen molar-refractivity contribution in [1.82, 2.24) is 0 Å². The van der Waals surface area contributed by atoms with Crippen molar-refractivity contribution in [1.29, 1.82) is 0 Å². The van der Waals surface area contributed by atoms with Gasteiger partial charge in [-0.1, -0.05) is 6.92 Å². The summed E-state index contributed by atoms with van der Waals surface area (Å²) in [4.78, 5) is 0. The van der Waals surface area contributed by atoms with E-state index in [2.05, 4.69) is 6.92 Å². The number of hydrogen-bond donors (Lipinski definition) is 1. The molecule has 0 atom stereocenters. The Kier molecular flexibility index (Phi) is 8.77. The van der Waals surface area contributed by atoms with E-state index >= 15 is 0 Å². The second-order valence-corrected chi connectivity index (χ2v) is 2.01. The van der Waals surface area contributed by atoms with Gasteiger partial charge in [-0.05, 0) is 13.0 Å². The van der Waals surface area contributed by atoms with Crippen LogP contribution in [-0.2, 0) is 9.47 Å². The average molecular weight is 147 g/mol. The predicted molar refractivity (Wildman–Crippen MR) is 41.0 cm³/mol. The third-order valence-electron chi connectivity index (χ3n) is 1.03. The first-order valence-corrected chi connectivity index (χ1v) is 3.77. The van der Waals surface area contributed by atoms with Gasteiger partial charge in [0.2, 0.25) is 0 Å². The number of nitrogens with two attached hydrogens (primary N) is 1. The van der Waals surface area contributed by atoms with Gasteiger partial charge in [0.15, 0.2) is 0 Å². The third kappa shape index (κ3) is 7.88. The van der Waals surface area contributed by atoms with Crippen molar-refractivity contribution in [2.24, 2.45) is 5.73 Å². The van der Waals surface area contributed by atoms with Gasteiger partial charge in [0, 0.05) is 0 Å². The molecule has 0 aliphatic carbocycles. The second kappa shape index (κ2) is 8.88. The lowest BCUT2D eigenvalue weighted by Gasteiger charge is -2.09. The van der Waals surface area contributed by atoms with E-state index in [1.165, 1.54) is 0 Å². The summed E-state index contributed by atoms with van der Waals surface area (Å²) >= 11 is 0. The van der Waals surface area contributed by atoms with Gasteiger partial charge in [0.1, 0.15) is 0 Å². The van der Waals surface area contributed by atoms with Crippen molar-refractivity contribution in [3.8, 4) is 0 Å². The molecule has 0 saturated carbocycles. The summed E-state index contributed by atoms with van der Waals surface area (Å²) in [6.07, 6.45) is 1.10. The standard InChI is InChI=1S/C4H8O2.C3H9N/c1-2-6-4-3-5-1;1-2-3-4/h1-4H2;2-4H2,1H3. The lowest BCUT2D eigenvalue weighted by molar-refractivity contribution is -0.0334. The fourth-order valence-electron chi connectivity index (χ4n) is 0.440. The fourth-order valence-corrected chi connectivity index (χ4v) is 0.440. The molecule has 62 valence electrons. The Balaban J connectivity index is 0.000000180. The van der Waals surface area contributed by atoms with Gasteiger partial charge in [-0.15, -0.1) is 0 Å². The smallest absolute Gasteiger partial charge is 0.0701 e. The molecule has 0 aromatic heterocycles. The summed E-state index contributed by atoms with van der Waals surface area (Å²) in [7, 11) is 0. The van der Waals surface area contributed by atoms with E-state index in [1.54, 1.807) is 0 Å². The van der Waals surface area contributed by atoms with Crippen molar-refractivity contribution in [3.63, 3.8) is 0 Å². The second-order valence-electron chi connectivity index (χ2n) is 2.01. The predicted octanol–water partition coefficient (Wildman–Crippen LogP) is 0.388. The van der Waals surface area contributed by atoms with Gasteiger partial charge in [0.25, 0.3) is 0 Å². The van der Waals surface area contributed by atoms with E-state index in [0.29, 0.717) is 0 Å². The van der Waals surface area contributed by atoms with Crippen molar-refractivity contribution in [3.05, 3.63) is 0 Å². The molecule has 0 bridgehead atoms. The van der Waals surface area contributed by atoms with E-state index in [1.807, 2.05) is 0 Å². The van der Waals surface area contributed by atoms with Crippen LogP contribution in [0.4, 0.5) is 0 Å². The number of ether oxygens (including phenoxy) is 2. The first-order valence-electron chi connectivity index (χ1n) is 3.77. The minimum Gasteiger partial charge on any atom is -0.377 e. The lowest BCUT2D eigenvalue weighted by Crippen LogP contribution is -2.16. The molecule has 3 heteroatoms. The van der Waals surface area contributed by atoms with Gasteiger partial charge in [-0.2, -0.15) is 0 Å². The Morgan fingerprint density at radius 1 is 1.10 bits per heavy atom. The largest absolute Gasteiger partial charge is 0.377 e. The molecule has 1 saturated heterocycles. The molecular weight excluding hydrogens is 130 g/mol. The maximum absolute atomic E-state index is 5.03. The molecule has 0 aromatic rings. The Labute approximate surface area is 62.5 Å². The highest BCUT2D eigenvalue weighted by molar-refractivity contribution is 4.37. The summed E-state index contributed by atoms with van der Waals surface area (Å²) in [6, 6.07) is 0. The SMILES string of the molecule is C1COCCO1.CCCN. The molecule has 1 fully saturated rings. The van der Waals surface area contributed by atoms with Crippen LogP contribution in [0, 0.1) is 0 Å². The third-order valence-corrected chi connectivity index (χ3v) is 1.03. The van der Waals surface area contributed by atoms with Crippen LogP contribution < -0.4 is 5.73 Å². The first kappa shape index (κ1) is 9.88. The lowest BCUT2D eigenvalue weighted by atomic mass is 10.5. The Morgan fingerprint density at radius 3 is 1.50 bits per heavy atom. The topological polar surface area (TPSA) is 44.5 Å². The van der Waals surface area contributed by atoms with Gasteiger partial charge in [-0.25, -0.2) is 0 Å². The Bertz CT molecular complexity index is 42.1. The molecule has 1 aliphatic heterocycles. The van der Waals surface area contributed by atoms with Crippen LogP contribution in [0.1, 0.15) is 13.3 Å². The van der Waals surface area contributed by atoms with Gasteiger partial charge in [-0.3, -0.25) is 0 Å². The quantitative estimate of drug-likeness (QED) is 0.583. The van der Waals surface area contributed by atoms with E-state index in [9.17, 15) is 0 Å².